The number of hydrogen-bond acceptors (Lipinski definition) is 2. The zero-order valence-electron chi connectivity index (χ0n) is 29.1. The number of carbonyl (C=O) groups excluding carboxylic acids is 1. The second-order valence-corrected chi connectivity index (χ2v) is 13.5. The molecule has 5 heteroatoms. The molecule has 4 nitrogen and oxygen atoms in total. The molecule has 1 unspecified atom stereocenters. The maximum Gasteiger partial charge on any atom is 0.220 e. The van der Waals surface area contributed by atoms with Gasteiger partial charge in [-0.25, -0.2) is 4.99 Å². The van der Waals surface area contributed by atoms with E-state index in [1.54, 1.807) is 0 Å². The number of amidine groups is 1. The third-order valence-corrected chi connectivity index (χ3v) is 9.57. The standard InChI is InChI=1S/C39H69N3O.ClH/c1-3-5-7-9-11-13-15-17-19-21-26-30-38-40-32-34-42(38,36-37-28-24-23-25-29-37)35-33-41-39(43)31-27-22-20-18-16-14-12-10-8-6-4-2;/h23-25,28-29H,3-22,26-27,30-36H2,1-2H3;1H. The molecule has 0 aromatic heterocycles. The molecule has 1 amide bonds. The number of nitrogens with one attached hydrogen (secondary N) is 1. The number of halogens is 1. The first-order chi connectivity index (χ1) is 21.2. The molecule has 1 heterocycles. The number of amides is 1. The number of rotatable bonds is 29. The molecule has 1 atom stereocenters. The first kappa shape index (κ1) is 40.6. The highest BCUT2D eigenvalue weighted by atomic mass is 35.5. The second kappa shape index (κ2) is 27.9. The van der Waals surface area contributed by atoms with Gasteiger partial charge < -0.3 is 17.7 Å². The Balaban J connectivity index is 0.00000968. The quantitative estimate of drug-likeness (QED) is 0.0708. The molecule has 1 aromatic rings. The monoisotopic (exact) mass is 632 g/mol. The van der Waals surface area contributed by atoms with E-state index in [1.165, 1.54) is 146 Å². The first-order valence-electron chi connectivity index (χ1n) is 18.9. The van der Waals surface area contributed by atoms with Gasteiger partial charge in [-0.05, 0) is 12.8 Å². The molecule has 0 saturated carbocycles. The van der Waals surface area contributed by atoms with E-state index in [1.807, 2.05) is 0 Å². The normalized spacial score (nSPS) is 16.1. The average molecular weight is 632 g/mol. The summed E-state index contributed by atoms with van der Waals surface area (Å²) in [7, 11) is 0. The smallest absolute Gasteiger partial charge is 0.220 e. The fraction of sp³-hybridized carbons (Fsp3) is 0.795. The number of benzene rings is 1. The third-order valence-electron chi connectivity index (χ3n) is 9.57. The fourth-order valence-electron chi connectivity index (χ4n) is 6.78. The summed E-state index contributed by atoms with van der Waals surface area (Å²) in [5, 5.41) is 3.28. The van der Waals surface area contributed by atoms with E-state index in [0.717, 1.165) is 50.0 Å². The number of quaternary nitrogens is 1. The average Bonchev–Trinajstić information content (AvgIpc) is 3.40. The highest BCUT2D eigenvalue weighted by molar-refractivity contribution is 5.77. The molecule has 0 radical (unpaired) electrons. The Bertz CT molecular complexity index is 830. The van der Waals surface area contributed by atoms with Gasteiger partial charge >= 0.3 is 0 Å². The predicted octanol–water partition coefficient (Wildman–Crippen LogP) is 7.94. The molecular formula is C39H70ClN3O. The minimum Gasteiger partial charge on any atom is -1.00 e. The number of hydrogen-bond donors (Lipinski definition) is 1. The highest BCUT2D eigenvalue weighted by Gasteiger charge is 2.37. The van der Waals surface area contributed by atoms with Crippen LogP contribution >= 0.6 is 0 Å². The van der Waals surface area contributed by atoms with Gasteiger partial charge in [-0.2, -0.15) is 0 Å². The van der Waals surface area contributed by atoms with Crippen molar-refractivity contribution in [1.29, 1.82) is 0 Å². The van der Waals surface area contributed by atoms with Gasteiger partial charge in [-0.1, -0.05) is 173 Å². The summed E-state index contributed by atoms with van der Waals surface area (Å²) in [6.45, 7) is 9.26. The Hall–Kier alpha value is -1.39. The van der Waals surface area contributed by atoms with Gasteiger partial charge in [0.05, 0.1) is 13.1 Å². The molecule has 2 rings (SSSR count). The van der Waals surface area contributed by atoms with E-state index in [9.17, 15) is 4.79 Å². The maximum atomic E-state index is 12.7. The second-order valence-electron chi connectivity index (χ2n) is 13.5. The van der Waals surface area contributed by atoms with Gasteiger partial charge in [0.25, 0.3) is 0 Å². The van der Waals surface area contributed by atoms with E-state index >= 15 is 0 Å². The molecule has 0 saturated heterocycles. The lowest BCUT2D eigenvalue weighted by atomic mass is 10.0. The Morgan fingerprint density at radius 2 is 1.16 bits per heavy atom. The molecule has 1 aliphatic rings. The van der Waals surface area contributed by atoms with Crippen molar-refractivity contribution >= 4 is 11.7 Å². The van der Waals surface area contributed by atoms with Crippen molar-refractivity contribution < 1.29 is 21.7 Å². The van der Waals surface area contributed by atoms with Crippen LogP contribution in [0.15, 0.2) is 35.3 Å². The van der Waals surface area contributed by atoms with Crippen molar-refractivity contribution in [1.82, 2.24) is 5.32 Å². The van der Waals surface area contributed by atoms with Crippen LogP contribution in [0, 0.1) is 0 Å². The molecule has 44 heavy (non-hydrogen) atoms. The minimum atomic E-state index is 0. The van der Waals surface area contributed by atoms with E-state index in [2.05, 4.69) is 49.5 Å². The van der Waals surface area contributed by atoms with Gasteiger partial charge in [-0.15, -0.1) is 0 Å². The van der Waals surface area contributed by atoms with Crippen LogP contribution in [0.2, 0.25) is 0 Å². The summed E-state index contributed by atoms with van der Waals surface area (Å²) >= 11 is 0. The van der Waals surface area contributed by atoms with Crippen molar-refractivity contribution in [3.8, 4) is 0 Å². The zero-order valence-corrected chi connectivity index (χ0v) is 29.8. The summed E-state index contributed by atoms with van der Waals surface area (Å²) in [5.41, 5.74) is 1.38. The first-order valence-corrected chi connectivity index (χ1v) is 18.9. The van der Waals surface area contributed by atoms with Crippen LogP contribution in [0.4, 0.5) is 0 Å². The molecule has 1 aromatic carbocycles. The van der Waals surface area contributed by atoms with Crippen LogP contribution < -0.4 is 17.7 Å². The van der Waals surface area contributed by atoms with E-state index < -0.39 is 0 Å². The van der Waals surface area contributed by atoms with Crippen molar-refractivity contribution in [2.75, 3.05) is 26.2 Å². The summed E-state index contributed by atoms with van der Waals surface area (Å²) < 4.78 is 0.931. The van der Waals surface area contributed by atoms with Crippen LogP contribution in [-0.4, -0.2) is 42.4 Å². The van der Waals surface area contributed by atoms with Crippen molar-refractivity contribution in [3.05, 3.63) is 35.9 Å². The van der Waals surface area contributed by atoms with E-state index in [-0.39, 0.29) is 18.3 Å². The van der Waals surface area contributed by atoms with Crippen molar-refractivity contribution in [2.45, 2.75) is 174 Å². The molecular weight excluding hydrogens is 562 g/mol. The Kier molecular flexibility index (Phi) is 25.7. The summed E-state index contributed by atoms with van der Waals surface area (Å²) in [4.78, 5) is 17.7. The molecule has 1 N–H and O–H groups in total. The number of unbranched alkanes of at least 4 members (excludes halogenated alkanes) is 20. The summed E-state index contributed by atoms with van der Waals surface area (Å²) in [5.74, 6) is 1.61. The van der Waals surface area contributed by atoms with Crippen LogP contribution in [0.5, 0.6) is 0 Å². The molecule has 0 fully saturated rings. The van der Waals surface area contributed by atoms with Gasteiger partial charge in [0.15, 0.2) is 5.84 Å². The summed E-state index contributed by atoms with van der Waals surface area (Å²) in [6.07, 6.45) is 31.4. The molecule has 1 aliphatic heterocycles. The molecule has 0 spiro atoms. The topological polar surface area (TPSA) is 41.5 Å². The van der Waals surface area contributed by atoms with Crippen LogP contribution in [0.3, 0.4) is 0 Å². The Labute approximate surface area is 279 Å². The van der Waals surface area contributed by atoms with Crippen molar-refractivity contribution in [2.24, 2.45) is 4.99 Å². The molecule has 254 valence electrons. The predicted molar refractivity (Wildman–Crippen MR) is 188 cm³/mol. The van der Waals surface area contributed by atoms with E-state index in [4.69, 9.17) is 4.99 Å². The highest BCUT2D eigenvalue weighted by Crippen LogP contribution is 2.24. The molecule has 0 bridgehead atoms. The lowest BCUT2D eigenvalue weighted by molar-refractivity contribution is -0.849. The van der Waals surface area contributed by atoms with Crippen LogP contribution in [0.25, 0.3) is 0 Å². The SMILES string of the molecule is CCCCCCCCCCCCCC(=O)NCC[N+]1(Cc2ccccc2)CCN=C1CCCCCCCCCCCCC.[Cl-]. The Morgan fingerprint density at radius 1 is 0.682 bits per heavy atom. The zero-order chi connectivity index (χ0) is 30.7. The largest absolute Gasteiger partial charge is 1.00 e. The number of nitrogens with zero attached hydrogens (tertiary/aromatic N) is 2. The third kappa shape index (κ3) is 19.2. The fourth-order valence-corrected chi connectivity index (χ4v) is 6.78. The minimum absolute atomic E-state index is 0. The van der Waals surface area contributed by atoms with Crippen LogP contribution in [0.1, 0.15) is 174 Å². The van der Waals surface area contributed by atoms with Crippen LogP contribution in [-0.2, 0) is 11.3 Å². The number of aliphatic imine (C=N–C) groups is 1. The number of carbonyl (C=O) groups is 1. The Morgan fingerprint density at radius 3 is 1.68 bits per heavy atom. The summed E-state index contributed by atoms with van der Waals surface area (Å²) in [6, 6.07) is 10.9. The van der Waals surface area contributed by atoms with Gasteiger partial charge in [-0.3, -0.25) is 9.28 Å². The lowest BCUT2D eigenvalue weighted by Crippen LogP contribution is -3.00. The van der Waals surface area contributed by atoms with Gasteiger partial charge in [0.2, 0.25) is 5.91 Å². The lowest BCUT2D eigenvalue weighted by Gasteiger charge is -2.35. The molecule has 0 aliphatic carbocycles. The van der Waals surface area contributed by atoms with Gasteiger partial charge in [0, 0.05) is 18.4 Å². The van der Waals surface area contributed by atoms with Crippen molar-refractivity contribution in [3.63, 3.8) is 0 Å². The van der Waals surface area contributed by atoms with E-state index in [0.29, 0.717) is 6.42 Å². The maximum absolute atomic E-state index is 12.7. The van der Waals surface area contributed by atoms with Gasteiger partial charge in [0.1, 0.15) is 19.6 Å².